The Morgan fingerprint density at radius 3 is 2.74 bits per heavy atom. The van der Waals surface area contributed by atoms with Gasteiger partial charge < -0.3 is 4.90 Å². The van der Waals surface area contributed by atoms with Crippen molar-refractivity contribution in [3.05, 3.63) is 47.5 Å². The van der Waals surface area contributed by atoms with E-state index in [2.05, 4.69) is 49.1 Å². The highest BCUT2D eigenvalue weighted by atomic mass is 32.2. The number of amides is 1. The molecule has 0 spiro atoms. The molecule has 1 saturated heterocycles. The van der Waals surface area contributed by atoms with Gasteiger partial charge in [0.2, 0.25) is 5.91 Å². The van der Waals surface area contributed by atoms with Crippen LogP contribution in [0.4, 0.5) is 0 Å². The Bertz CT molecular complexity index is 636. The third-order valence-corrected chi connectivity index (χ3v) is 7.48. The quantitative estimate of drug-likeness (QED) is 0.761. The van der Waals surface area contributed by atoms with E-state index in [1.165, 1.54) is 18.4 Å². The zero-order valence-corrected chi connectivity index (χ0v) is 14.8. The average molecular weight is 327 g/mol. The van der Waals surface area contributed by atoms with Gasteiger partial charge in [-0.1, -0.05) is 55.8 Å². The Hall–Kier alpha value is -1.22. The molecule has 1 aromatic rings. The number of thioether (sulfide) groups is 1. The summed E-state index contributed by atoms with van der Waals surface area (Å²) in [6.45, 7) is 5.60. The first-order valence-corrected chi connectivity index (χ1v) is 9.74. The molecule has 1 aromatic carbocycles. The fraction of sp³-hybridized carbons (Fsp3) is 0.550. The molecule has 4 aliphatic rings. The van der Waals surface area contributed by atoms with E-state index in [0.29, 0.717) is 22.4 Å². The van der Waals surface area contributed by atoms with Crippen LogP contribution in [0.2, 0.25) is 0 Å². The molecule has 3 aliphatic carbocycles. The molecule has 3 unspecified atom stereocenters. The lowest BCUT2D eigenvalue weighted by Crippen LogP contribution is -2.48. The smallest absolute Gasteiger partial charge is 0.233 e. The third kappa shape index (κ3) is 2.63. The van der Waals surface area contributed by atoms with Crippen molar-refractivity contribution >= 4 is 17.7 Å². The second-order valence-electron chi connectivity index (χ2n) is 7.80. The van der Waals surface area contributed by atoms with Crippen LogP contribution in [-0.4, -0.2) is 21.9 Å². The van der Waals surface area contributed by atoms with Crippen molar-refractivity contribution in [1.29, 1.82) is 0 Å². The first-order valence-electron chi connectivity index (χ1n) is 8.69. The summed E-state index contributed by atoms with van der Waals surface area (Å²) in [4.78, 5) is 14.4. The summed E-state index contributed by atoms with van der Waals surface area (Å²) in [5.41, 5.74) is 3.32. The number of benzene rings is 1. The predicted octanol–water partition coefficient (Wildman–Crippen LogP) is 4.47. The number of carbonyl (C=O) groups is 1. The van der Waals surface area contributed by atoms with Crippen molar-refractivity contribution in [3.8, 4) is 0 Å². The average Bonchev–Trinajstić information content (AvgIpc) is 2.89. The molecule has 0 radical (unpaired) electrons. The molecule has 1 amide bonds. The fourth-order valence-corrected chi connectivity index (χ4v) is 5.73. The second kappa shape index (κ2) is 5.70. The van der Waals surface area contributed by atoms with E-state index < -0.39 is 0 Å². The summed E-state index contributed by atoms with van der Waals surface area (Å²) in [6.07, 6.45) is 6.14. The van der Waals surface area contributed by atoms with E-state index in [4.69, 9.17) is 0 Å². The molecule has 0 aromatic heterocycles. The lowest BCUT2D eigenvalue weighted by Gasteiger charge is -2.57. The molecule has 3 heteroatoms. The molecule has 23 heavy (non-hydrogen) atoms. The Morgan fingerprint density at radius 1 is 1.26 bits per heavy atom. The van der Waals surface area contributed by atoms with Gasteiger partial charge in [0.15, 0.2) is 0 Å². The van der Waals surface area contributed by atoms with Gasteiger partial charge in [-0.05, 0) is 42.1 Å². The zero-order chi connectivity index (χ0) is 16.0. The van der Waals surface area contributed by atoms with Gasteiger partial charge in [-0.15, -0.1) is 11.8 Å². The molecular formula is C20H25NOS. The van der Waals surface area contributed by atoms with Crippen LogP contribution in [0.1, 0.15) is 38.7 Å². The van der Waals surface area contributed by atoms with E-state index in [1.807, 2.05) is 17.8 Å². The lowest BCUT2D eigenvalue weighted by molar-refractivity contribution is -0.128. The van der Waals surface area contributed by atoms with Crippen molar-refractivity contribution in [2.75, 3.05) is 5.75 Å². The van der Waals surface area contributed by atoms with Gasteiger partial charge in [-0.25, -0.2) is 0 Å². The molecular weight excluding hydrogens is 302 g/mol. The predicted molar refractivity (Wildman–Crippen MR) is 95.9 cm³/mol. The van der Waals surface area contributed by atoms with Crippen molar-refractivity contribution in [1.82, 2.24) is 4.90 Å². The van der Waals surface area contributed by atoms with Crippen LogP contribution in [0.3, 0.4) is 0 Å². The monoisotopic (exact) mass is 327 g/mol. The first-order chi connectivity index (χ1) is 11.1. The number of hydrogen-bond acceptors (Lipinski definition) is 2. The highest BCUT2D eigenvalue weighted by molar-refractivity contribution is 8.01. The SMILES string of the molecule is CC1(C)C2CC=C(CC3SCC(=O)N3Cc3ccccc3)C1C2. The maximum atomic E-state index is 12.3. The molecule has 3 atom stereocenters. The third-order valence-electron chi connectivity index (χ3n) is 6.26. The van der Waals surface area contributed by atoms with Crippen LogP contribution in [0.5, 0.6) is 0 Å². The zero-order valence-electron chi connectivity index (χ0n) is 14.0. The van der Waals surface area contributed by atoms with Gasteiger partial charge in [-0.2, -0.15) is 0 Å². The minimum Gasteiger partial charge on any atom is -0.325 e. The van der Waals surface area contributed by atoms with Gasteiger partial charge in [0.05, 0.1) is 11.1 Å². The number of nitrogens with zero attached hydrogens (tertiary/aromatic N) is 1. The van der Waals surface area contributed by atoms with E-state index >= 15 is 0 Å². The maximum absolute atomic E-state index is 12.3. The van der Waals surface area contributed by atoms with E-state index in [9.17, 15) is 4.79 Å². The van der Waals surface area contributed by atoms with Crippen molar-refractivity contribution in [2.45, 2.75) is 45.0 Å². The molecule has 2 fully saturated rings. The van der Waals surface area contributed by atoms with Gasteiger partial charge in [0.1, 0.15) is 0 Å². The maximum Gasteiger partial charge on any atom is 0.233 e. The Kier molecular flexibility index (Phi) is 3.79. The topological polar surface area (TPSA) is 20.3 Å². The van der Waals surface area contributed by atoms with Gasteiger partial charge in [-0.3, -0.25) is 4.79 Å². The standard InChI is InChI=1S/C20H25NOS/c1-20(2)16-9-8-15(17(20)11-16)10-19-21(18(22)13-23-19)12-14-6-4-3-5-7-14/h3-8,16-17,19H,9-13H2,1-2H3. The van der Waals surface area contributed by atoms with Crippen molar-refractivity contribution in [3.63, 3.8) is 0 Å². The summed E-state index contributed by atoms with van der Waals surface area (Å²) < 4.78 is 0. The lowest BCUT2D eigenvalue weighted by atomic mass is 9.48. The fourth-order valence-electron chi connectivity index (χ4n) is 4.55. The van der Waals surface area contributed by atoms with E-state index in [0.717, 1.165) is 24.8 Å². The molecule has 2 bridgehead atoms. The van der Waals surface area contributed by atoms with Gasteiger partial charge in [0, 0.05) is 6.54 Å². The Morgan fingerprint density at radius 2 is 2.04 bits per heavy atom. The molecule has 1 heterocycles. The first kappa shape index (κ1) is 15.3. The molecule has 5 rings (SSSR count). The summed E-state index contributed by atoms with van der Waals surface area (Å²) in [5.74, 6) is 2.57. The summed E-state index contributed by atoms with van der Waals surface area (Å²) in [5, 5.41) is 0.321. The summed E-state index contributed by atoms with van der Waals surface area (Å²) in [6, 6.07) is 10.4. The van der Waals surface area contributed by atoms with Crippen LogP contribution in [0.15, 0.2) is 42.0 Å². The normalized spacial score (nSPS) is 31.7. The largest absolute Gasteiger partial charge is 0.325 e. The van der Waals surface area contributed by atoms with Crippen molar-refractivity contribution < 1.29 is 4.79 Å². The van der Waals surface area contributed by atoms with Crippen molar-refractivity contribution in [2.24, 2.45) is 17.3 Å². The molecule has 2 nitrogen and oxygen atoms in total. The van der Waals surface area contributed by atoms with E-state index in [-0.39, 0.29) is 0 Å². The minimum atomic E-state index is 0.297. The Labute approximate surface area is 143 Å². The van der Waals surface area contributed by atoms with Crippen LogP contribution in [0.25, 0.3) is 0 Å². The molecule has 122 valence electrons. The van der Waals surface area contributed by atoms with Crippen LogP contribution in [-0.2, 0) is 11.3 Å². The number of carbonyl (C=O) groups excluding carboxylic acids is 1. The minimum absolute atomic E-state index is 0.297. The number of rotatable bonds is 4. The summed E-state index contributed by atoms with van der Waals surface area (Å²) in [7, 11) is 0. The highest BCUT2D eigenvalue weighted by Gasteiger charge is 2.51. The van der Waals surface area contributed by atoms with Crippen LogP contribution in [0, 0.1) is 17.3 Å². The van der Waals surface area contributed by atoms with Gasteiger partial charge >= 0.3 is 0 Å². The molecule has 1 aliphatic heterocycles. The number of allylic oxidation sites excluding steroid dienone is 1. The summed E-state index contributed by atoms with van der Waals surface area (Å²) >= 11 is 1.83. The van der Waals surface area contributed by atoms with Crippen LogP contribution < -0.4 is 0 Å². The Balaban J connectivity index is 1.48. The molecule has 0 N–H and O–H groups in total. The van der Waals surface area contributed by atoms with Crippen LogP contribution >= 0.6 is 11.8 Å². The highest BCUT2D eigenvalue weighted by Crippen LogP contribution is 2.60. The molecule has 1 saturated carbocycles. The van der Waals surface area contributed by atoms with E-state index in [1.54, 1.807) is 5.57 Å². The van der Waals surface area contributed by atoms with Gasteiger partial charge in [0.25, 0.3) is 0 Å². The second-order valence-corrected chi connectivity index (χ2v) is 8.96. The number of hydrogen-bond donors (Lipinski definition) is 0. The number of fused-ring (bicyclic) bond motifs is 1.